The van der Waals surface area contributed by atoms with Crippen LogP contribution in [0.5, 0.6) is 0 Å². The van der Waals surface area contributed by atoms with Gasteiger partial charge in [-0.1, -0.05) is 87.1 Å². The molecular formula is C32H43BF3. The van der Waals surface area contributed by atoms with E-state index < -0.39 is 11.6 Å². The molecule has 36 heavy (non-hydrogen) atoms. The zero-order valence-corrected chi connectivity index (χ0v) is 23.4. The molecule has 3 aromatic carbocycles. The first-order chi connectivity index (χ1) is 16.4. The van der Waals surface area contributed by atoms with Gasteiger partial charge in [0.25, 0.3) is 0 Å². The number of benzene rings is 3. The van der Waals surface area contributed by atoms with Crippen molar-refractivity contribution in [3.8, 4) is 0 Å². The van der Waals surface area contributed by atoms with Gasteiger partial charge in [-0.05, 0) is 88.3 Å². The first kappa shape index (κ1) is 33.5. The van der Waals surface area contributed by atoms with E-state index in [1.54, 1.807) is 19.9 Å². The largest absolute Gasteiger partial charge is 0.207 e. The Morgan fingerprint density at radius 1 is 0.500 bits per heavy atom. The molecule has 0 N–H and O–H groups in total. The Morgan fingerprint density at radius 3 is 1.17 bits per heavy atom. The van der Waals surface area contributed by atoms with Crippen LogP contribution >= 0.6 is 0 Å². The molecule has 3 aromatic rings. The normalized spacial score (nSPS) is 16.1. The van der Waals surface area contributed by atoms with Gasteiger partial charge in [0, 0.05) is 14.0 Å². The number of hydrogen-bond donors (Lipinski definition) is 0. The van der Waals surface area contributed by atoms with Gasteiger partial charge in [0.05, 0.1) is 0 Å². The second kappa shape index (κ2) is 17.1. The third-order valence-electron chi connectivity index (χ3n) is 6.28. The Labute approximate surface area is 219 Å². The molecule has 1 aliphatic rings. The van der Waals surface area contributed by atoms with Gasteiger partial charge in [0.2, 0.25) is 0 Å². The van der Waals surface area contributed by atoms with E-state index >= 15 is 0 Å². The molecule has 1 aliphatic carbocycles. The topological polar surface area (TPSA) is 0 Å². The van der Waals surface area contributed by atoms with E-state index in [1.165, 1.54) is 61.9 Å². The van der Waals surface area contributed by atoms with E-state index in [0.29, 0.717) is 11.1 Å². The Hall–Kier alpha value is -2.49. The highest BCUT2D eigenvalue weighted by atomic mass is 19.1. The zero-order valence-electron chi connectivity index (χ0n) is 23.4. The zero-order chi connectivity index (χ0) is 26.5. The van der Waals surface area contributed by atoms with Gasteiger partial charge in [-0.2, -0.15) is 0 Å². The smallest absolute Gasteiger partial charge is 0.129 e. The molecule has 0 aliphatic heterocycles. The minimum Gasteiger partial charge on any atom is -0.207 e. The fraction of sp³-hybridized carbons (Fsp3) is 0.438. The van der Waals surface area contributed by atoms with Gasteiger partial charge in [-0.25, -0.2) is 13.2 Å². The van der Waals surface area contributed by atoms with Crippen molar-refractivity contribution in [2.24, 2.45) is 11.8 Å². The molecule has 3 radical (unpaired) electrons. The summed E-state index contributed by atoms with van der Waals surface area (Å²) in [4.78, 5) is 0. The maximum absolute atomic E-state index is 12.6. The third-order valence-corrected chi connectivity index (χ3v) is 6.28. The van der Waals surface area contributed by atoms with Crippen molar-refractivity contribution in [1.82, 2.24) is 0 Å². The molecule has 4 rings (SSSR count). The summed E-state index contributed by atoms with van der Waals surface area (Å²) >= 11 is 0. The standard InChI is InChI=1S/C8H8F2.C8H9F.C8H16.C8H10.B/c1-5-3-7(9)6(2)8(10)4-5;1-6-3-4-7(2)8(9)5-6;2*1-7-3-5-8(2)6-4-7;/h3-4H,1-2H3;3-5H,1-2H3;7-8H,3-6H2,1-2H3;3-6H,1-2H3;. The quantitative estimate of drug-likeness (QED) is 0.272. The molecular weight excluding hydrogens is 452 g/mol. The molecule has 1 fully saturated rings. The second-order valence-corrected chi connectivity index (χ2v) is 10.1. The highest BCUT2D eigenvalue weighted by Crippen LogP contribution is 2.27. The summed E-state index contributed by atoms with van der Waals surface area (Å²) in [7, 11) is 0. The fourth-order valence-electron chi connectivity index (χ4n) is 3.53. The van der Waals surface area contributed by atoms with Crippen molar-refractivity contribution in [3.05, 3.63) is 105 Å². The average Bonchev–Trinajstić information content (AvgIpc) is 2.80. The van der Waals surface area contributed by atoms with Gasteiger partial charge in [-0.3, -0.25) is 0 Å². The summed E-state index contributed by atoms with van der Waals surface area (Å²) in [5, 5.41) is 0. The van der Waals surface area contributed by atoms with Gasteiger partial charge in [0.15, 0.2) is 0 Å². The molecule has 0 amide bonds. The molecule has 195 valence electrons. The summed E-state index contributed by atoms with van der Waals surface area (Å²) in [6.07, 6.45) is 5.89. The SMILES string of the molecule is CC1CCC(C)CC1.Cc1cc(F)c(C)c(F)c1.Cc1ccc(C)c(F)c1.Cc1ccc(C)cc1.[B]. The minimum atomic E-state index is -0.475. The lowest BCUT2D eigenvalue weighted by Crippen LogP contribution is -2.08. The highest BCUT2D eigenvalue weighted by Gasteiger charge is 2.13. The van der Waals surface area contributed by atoms with Crippen molar-refractivity contribution in [3.63, 3.8) is 0 Å². The molecule has 0 spiro atoms. The lowest BCUT2D eigenvalue weighted by molar-refractivity contribution is 0.308. The van der Waals surface area contributed by atoms with Gasteiger partial charge < -0.3 is 0 Å². The Kier molecular flexibility index (Phi) is 15.9. The van der Waals surface area contributed by atoms with Crippen LogP contribution < -0.4 is 0 Å². The lowest BCUT2D eigenvalue weighted by Gasteiger charge is -2.22. The molecule has 0 heterocycles. The second-order valence-electron chi connectivity index (χ2n) is 10.1. The van der Waals surface area contributed by atoms with E-state index in [4.69, 9.17) is 0 Å². The molecule has 1 saturated carbocycles. The van der Waals surface area contributed by atoms with Crippen LogP contribution in [-0.4, -0.2) is 8.41 Å². The van der Waals surface area contributed by atoms with Crippen molar-refractivity contribution < 1.29 is 13.2 Å². The van der Waals surface area contributed by atoms with E-state index in [2.05, 4.69) is 52.0 Å². The maximum Gasteiger partial charge on any atom is 0.129 e. The molecule has 0 nitrogen and oxygen atoms in total. The van der Waals surface area contributed by atoms with Crippen LogP contribution in [0.4, 0.5) is 13.2 Å². The Bertz CT molecular complexity index is 966. The predicted octanol–water partition coefficient (Wildman–Crippen LogP) is 9.78. The first-order valence-corrected chi connectivity index (χ1v) is 12.6. The molecule has 0 saturated heterocycles. The van der Waals surface area contributed by atoms with Crippen LogP contribution in [0.25, 0.3) is 0 Å². The molecule has 0 atom stereocenters. The van der Waals surface area contributed by atoms with Crippen LogP contribution in [0.15, 0.2) is 54.6 Å². The van der Waals surface area contributed by atoms with E-state index in [1.807, 2.05) is 13.0 Å². The maximum atomic E-state index is 12.6. The number of hydrogen-bond acceptors (Lipinski definition) is 0. The van der Waals surface area contributed by atoms with Crippen molar-refractivity contribution in [2.75, 3.05) is 0 Å². The van der Waals surface area contributed by atoms with Crippen LogP contribution in [0, 0.1) is 70.8 Å². The summed E-state index contributed by atoms with van der Waals surface area (Å²) < 4.78 is 37.8. The molecule has 4 heteroatoms. The monoisotopic (exact) mass is 495 g/mol. The van der Waals surface area contributed by atoms with Gasteiger partial charge in [0.1, 0.15) is 17.5 Å². The summed E-state index contributed by atoms with van der Waals surface area (Å²) in [5.74, 6) is 0.974. The summed E-state index contributed by atoms with van der Waals surface area (Å²) in [6, 6.07) is 16.3. The van der Waals surface area contributed by atoms with E-state index in [0.717, 1.165) is 17.4 Å². The average molecular weight is 496 g/mol. The molecule has 0 aromatic heterocycles. The highest BCUT2D eigenvalue weighted by molar-refractivity contribution is 5.75. The van der Waals surface area contributed by atoms with Crippen LogP contribution in [-0.2, 0) is 0 Å². The number of halogens is 3. The minimum absolute atomic E-state index is 0. The summed E-state index contributed by atoms with van der Waals surface area (Å²) in [5.41, 5.74) is 5.04. The molecule has 0 unspecified atom stereocenters. The Morgan fingerprint density at radius 2 is 0.833 bits per heavy atom. The summed E-state index contributed by atoms with van der Waals surface area (Å²) in [6.45, 7) is 15.6. The predicted molar refractivity (Wildman–Crippen MR) is 150 cm³/mol. The first-order valence-electron chi connectivity index (χ1n) is 12.6. The fourth-order valence-corrected chi connectivity index (χ4v) is 3.53. The van der Waals surface area contributed by atoms with Gasteiger partial charge in [-0.15, -0.1) is 0 Å². The number of aryl methyl sites for hydroxylation is 5. The van der Waals surface area contributed by atoms with Crippen LogP contribution in [0.1, 0.15) is 72.9 Å². The lowest BCUT2D eigenvalue weighted by atomic mass is 9.84. The van der Waals surface area contributed by atoms with E-state index in [9.17, 15) is 13.2 Å². The van der Waals surface area contributed by atoms with E-state index in [-0.39, 0.29) is 19.8 Å². The van der Waals surface area contributed by atoms with Crippen LogP contribution in [0.2, 0.25) is 0 Å². The van der Waals surface area contributed by atoms with Crippen molar-refractivity contribution in [1.29, 1.82) is 0 Å². The van der Waals surface area contributed by atoms with Gasteiger partial charge >= 0.3 is 0 Å². The Balaban J connectivity index is 0.000000451. The van der Waals surface area contributed by atoms with Crippen LogP contribution in [0.3, 0.4) is 0 Å². The van der Waals surface area contributed by atoms with Crippen molar-refractivity contribution >= 4 is 8.41 Å². The third kappa shape index (κ3) is 13.6. The number of rotatable bonds is 0. The van der Waals surface area contributed by atoms with Crippen molar-refractivity contribution in [2.45, 2.75) is 81.1 Å². The molecule has 0 bridgehead atoms.